The van der Waals surface area contributed by atoms with E-state index < -0.39 is 47.5 Å². The van der Waals surface area contributed by atoms with Gasteiger partial charge in [-0.25, -0.2) is 18.4 Å². The fourth-order valence-electron chi connectivity index (χ4n) is 6.66. The monoisotopic (exact) mass is 809 g/mol. The fraction of sp³-hybridized carbons (Fsp3) is 0.286. The summed E-state index contributed by atoms with van der Waals surface area (Å²) in [6, 6.07) is 24.9. The van der Waals surface area contributed by atoms with Gasteiger partial charge in [-0.2, -0.15) is 13.2 Å². The molecule has 11 nitrogen and oxygen atoms in total. The molecule has 0 saturated carbocycles. The Bertz CT molecular complexity index is 2270. The Kier molecular flexibility index (Phi) is 14.1. The zero-order chi connectivity index (χ0) is 42.1. The van der Waals surface area contributed by atoms with E-state index in [-0.39, 0.29) is 42.3 Å². The van der Waals surface area contributed by atoms with Crippen LogP contribution in [0.3, 0.4) is 0 Å². The molecule has 1 fully saturated rings. The SMILES string of the molecule is O=C(Cn1c(CCc2cccc(F)c2F)cc(=O)c2ccccc21)N(Cc1ccc(-c2ccc(C(F)(F)F)cc2)cc1)C1CCNCC1.O=C(O)C(O)C(O)C(=O)O. The predicted octanol–water partition coefficient (Wildman–Crippen LogP) is 5.41. The van der Waals surface area contributed by atoms with Crippen LogP contribution in [-0.2, 0) is 46.5 Å². The first kappa shape index (κ1) is 43.2. The van der Waals surface area contributed by atoms with E-state index in [4.69, 9.17) is 20.4 Å². The lowest BCUT2D eigenvalue weighted by Gasteiger charge is -2.35. The van der Waals surface area contributed by atoms with E-state index in [1.54, 1.807) is 28.8 Å². The lowest BCUT2D eigenvalue weighted by molar-refractivity contribution is -0.165. The molecule has 16 heteroatoms. The summed E-state index contributed by atoms with van der Waals surface area (Å²) in [6.07, 6.45) is -7.08. The average Bonchev–Trinajstić information content (AvgIpc) is 3.21. The minimum absolute atomic E-state index is 0.0381. The number of halogens is 5. The number of fused-ring (bicyclic) bond motifs is 1. The third-order valence-corrected chi connectivity index (χ3v) is 9.81. The van der Waals surface area contributed by atoms with Gasteiger partial charge in [-0.15, -0.1) is 0 Å². The fourth-order valence-corrected chi connectivity index (χ4v) is 6.66. The number of aliphatic hydroxyl groups excluding tert-OH is 2. The first-order chi connectivity index (χ1) is 27.5. The molecule has 1 aliphatic heterocycles. The molecule has 0 radical (unpaired) electrons. The van der Waals surface area contributed by atoms with Crippen LogP contribution in [0.4, 0.5) is 22.0 Å². The van der Waals surface area contributed by atoms with Crippen LogP contribution >= 0.6 is 0 Å². The molecule has 5 aromatic rings. The number of alkyl halides is 3. The number of carboxylic acids is 2. The number of nitrogens with one attached hydrogen (secondary N) is 1. The Labute approximate surface area is 328 Å². The molecular formula is C42H40F5N3O8. The van der Waals surface area contributed by atoms with Gasteiger partial charge in [0, 0.05) is 29.7 Å². The van der Waals surface area contributed by atoms with Gasteiger partial charge in [-0.05, 0) is 91.4 Å². The van der Waals surface area contributed by atoms with Crippen LogP contribution in [0.15, 0.2) is 102 Å². The average molecular weight is 810 g/mol. The molecule has 1 amide bonds. The van der Waals surface area contributed by atoms with Crippen molar-refractivity contribution >= 4 is 28.7 Å². The van der Waals surface area contributed by atoms with Gasteiger partial charge in [-0.3, -0.25) is 9.59 Å². The first-order valence-electron chi connectivity index (χ1n) is 18.2. The summed E-state index contributed by atoms with van der Waals surface area (Å²) in [5.41, 5.74) is 2.66. The summed E-state index contributed by atoms with van der Waals surface area (Å²) < 4.78 is 69.3. The van der Waals surface area contributed by atoms with Gasteiger partial charge in [0.15, 0.2) is 29.3 Å². The number of aromatic nitrogens is 1. The van der Waals surface area contributed by atoms with E-state index in [1.165, 1.54) is 30.3 Å². The standard InChI is InChI=1S/C38H34F5N3O2.C4H6O6/c39-33-6-3-4-28(37(33)40)14-17-31-22-35(47)32-5-1-2-7-34(32)45(31)24-36(48)46(30-18-20-44-21-19-30)23-25-8-10-26(11-9-25)27-12-15-29(16-13-27)38(41,42)43;5-1(3(7)8)2(6)4(9)10/h1-13,15-16,22,30,44H,14,17-21,23-24H2;1-2,5-6H,(H,7,8)(H,9,10). The van der Waals surface area contributed by atoms with Gasteiger partial charge in [0.25, 0.3) is 0 Å². The number of piperidine rings is 1. The van der Waals surface area contributed by atoms with E-state index in [9.17, 15) is 41.1 Å². The van der Waals surface area contributed by atoms with Crippen molar-refractivity contribution < 1.29 is 56.8 Å². The summed E-state index contributed by atoms with van der Waals surface area (Å²) in [5, 5.41) is 36.3. The molecular weight excluding hydrogens is 769 g/mol. The van der Waals surface area contributed by atoms with Crippen LogP contribution in [0.5, 0.6) is 0 Å². The molecule has 2 atom stereocenters. The molecule has 4 aromatic carbocycles. The number of aliphatic carboxylic acids is 2. The van der Waals surface area contributed by atoms with Crippen LogP contribution in [0.25, 0.3) is 22.0 Å². The van der Waals surface area contributed by atoms with Crippen LogP contribution < -0.4 is 10.7 Å². The second-order valence-electron chi connectivity index (χ2n) is 13.7. The van der Waals surface area contributed by atoms with Gasteiger partial charge in [0.1, 0.15) is 6.54 Å². The number of amides is 1. The lowest BCUT2D eigenvalue weighted by atomic mass is 10.0. The van der Waals surface area contributed by atoms with Crippen LogP contribution in [-0.4, -0.2) is 79.1 Å². The van der Waals surface area contributed by atoms with Gasteiger partial charge >= 0.3 is 18.1 Å². The highest BCUT2D eigenvalue weighted by molar-refractivity contribution is 5.84. The zero-order valence-electron chi connectivity index (χ0n) is 30.8. The van der Waals surface area contributed by atoms with Crippen molar-refractivity contribution in [3.63, 3.8) is 0 Å². The van der Waals surface area contributed by atoms with Crippen molar-refractivity contribution in [2.75, 3.05) is 13.1 Å². The number of carbonyl (C=O) groups is 3. The van der Waals surface area contributed by atoms with Gasteiger partial charge in [0.05, 0.1) is 11.1 Å². The van der Waals surface area contributed by atoms with Crippen LogP contribution in [0.1, 0.15) is 35.2 Å². The minimum atomic E-state index is -4.41. The summed E-state index contributed by atoms with van der Waals surface area (Å²) in [7, 11) is 0. The zero-order valence-corrected chi connectivity index (χ0v) is 30.8. The molecule has 1 aliphatic rings. The van der Waals surface area contributed by atoms with Gasteiger partial charge in [0.2, 0.25) is 5.91 Å². The van der Waals surface area contributed by atoms with E-state index in [0.717, 1.165) is 55.3 Å². The number of carbonyl (C=O) groups excluding carboxylic acids is 1. The van der Waals surface area contributed by atoms with Crippen LogP contribution in [0.2, 0.25) is 0 Å². The number of aliphatic hydroxyl groups is 2. The summed E-state index contributed by atoms with van der Waals surface area (Å²) in [6.45, 7) is 1.77. The number of hydrogen-bond donors (Lipinski definition) is 5. The molecule has 0 spiro atoms. The second-order valence-corrected chi connectivity index (χ2v) is 13.7. The number of benzene rings is 4. The van der Waals surface area contributed by atoms with Crippen molar-refractivity contribution in [3.8, 4) is 11.1 Å². The number of nitrogens with zero attached hydrogens (tertiary/aromatic N) is 2. The molecule has 58 heavy (non-hydrogen) atoms. The summed E-state index contributed by atoms with van der Waals surface area (Å²) in [4.78, 5) is 48.8. The third kappa shape index (κ3) is 10.7. The first-order valence-corrected chi connectivity index (χ1v) is 18.2. The molecule has 1 saturated heterocycles. The predicted molar refractivity (Wildman–Crippen MR) is 203 cm³/mol. The largest absolute Gasteiger partial charge is 0.479 e. The quantitative estimate of drug-likeness (QED) is 0.104. The van der Waals surface area contributed by atoms with Gasteiger partial charge in [-0.1, -0.05) is 60.7 Å². The Morgan fingerprint density at radius 1 is 0.793 bits per heavy atom. The molecule has 306 valence electrons. The number of pyridine rings is 1. The molecule has 5 N–H and O–H groups in total. The number of aryl methyl sites for hydroxylation is 2. The Balaban J connectivity index is 0.000000567. The summed E-state index contributed by atoms with van der Waals surface area (Å²) in [5.74, 6) is -5.56. The highest BCUT2D eigenvalue weighted by Crippen LogP contribution is 2.31. The normalized spacial score (nSPS) is 14.3. The van der Waals surface area contributed by atoms with Crippen molar-refractivity contribution in [1.29, 1.82) is 0 Å². The van der Waals surface area contributed by atoms with Gasteiger partial charge < -0.3 is 35.2 Å². The molecule has 6 rings (SSSR count). The lowest BCUT2D eigenvalue weighted by Crippen LogP contribution is -2.47. The Morgan fingerprint density at radius 3 is 1.97 bits per heavy atom. The van der Waals surface area contributed by atoms with Crippen molar-refractivity contribution in [2.24, 2.45) is 0 Å². The molecule has 1 aromatic heterocycles. The third-order valence-electron chi connectivity index (χ3n) is 9.81. The van der Waals surface area contributed by atoms with Crippen molar-refractivity contribution in [2.45, 2.75) is 63.2 Å². The molecule has 2 unspecified atom stereocenters. The Morgan fingerprint density at radius 2 is 1.38 bits per heavy atom. The minimum Gasteiger partial charge on any atom is -0.479 e. The van der Waals surface area contributed by atoms with E-state index in [2.05, 4.69) is 5.32 Å². The number of para-hydroxylation sites is 1. The maximum absolute atomic E-state index is 14.5. The maximum Gasteiger partial charge on any atom is 0.416 e. The topological polar surface area (TPSA) is 169 Å². The van der Waals surface area contributed by atoms with Crippen molar-refractivity contribution in [3.05, 3.63) is 141 Å². The maximum atomic E-state index is 14.5. The smallest absolute Gasteiger partial charge is 0.416 e. The molecule has 0 aliphatic carbocycles. The number of hydrogen-bond acceptors (Lipinski definition) is 7. The molecule has 0 bridgehead atoms. The van der Waals surface area contributed by atoms with E-state index in [0.29, 0.717) is 28.7 Å². The number of carboxylic acid groups (broad SMARTS) is 2. The highest BCUT2D eigenvalue weighted by Gasteiger charge is 2.31. The Hall–Kier alpha value is -5.97. The number of rotatable bonds is 12. The highest BCUT2D eigenvalue weighted by atomic mass is 19.4. The van der Waals surface area contributed by atoms with Crippen molar-refractivity contribution in [1.82, 2.24) is 14.8 Å². The van der Waals surface area contributed by atoms with E-state index >= 15 is 0 Å². The van der Waals surface area contributed by atoms with E-state index in [1.807, 2.05) is 29.2 Å². The van der Waals surface area contributed by atoms with Crippen LogP contribution in [0, 0.1) is 11.6 Å². The molecule has 2 heterocycles. The summed E-state index contributed by atoms with van der Waals surface area (Å²) >= 11 is 0. The second kappa shape index (κ2) is 19.0.